The zero-order chi connectivity index (χ0) is 14.5. The maximum Gasteiger partial charge on any atom is 0.249 e. The van der Waals surface area contributed by atoms with Crippen LogP contribution < -0.4 is 10.1 Å². The Hall–Kier alpha value is -1.40. The van der Waals surface area contributed by atoms with Crippen LogP contribution in [0.15, 0.2) is 27.1 Å². The average Bonchev–Trinajstić information content (AvgIpc) is 2.94. The molecule has 0 aliphatic heterocycles. The summed E-state index contributed by atoms with van der Waals surface area (Å²) in [6.07, 6.45) is 0.898. The lowest BCUT2D eigenvalue weighted by molar-refractivity contribution is 0.401. The fourth-order valence-corrected chi connectivity index (χ4v) is 2.35. The second kappa shape index (κ2) is 6.85. The fraction of sp³-hybridized carbons (Fsp3) is 0.429. The van der Waals surface area contributed by atoms with Crippen molar-refractivity contribution in [2.75, 3.05) is 13.7 Å². The quantitative estimate of drug-likeness (QED) is 0.871. The molecule has 6 heteroatoms. The molecule has 1 atom stereocenters. The van der Waals surface area contributed by atoms with Crippen LogP contribution in [-0.4, -0.2) is 23.9 Å². The van der Waals surface area contributed by atoms with Gasteiger partial charge >= 0.3 is 0 Å². The number of rotatable bonds is 6. The second-order valence-electron chi connectivity index (χ2n) is 4.31. The van der Waals surface area contributed by atoms with Crippen LogP contribution >= 0.6 is 15.9 Å². The van der Waals surface area contributed by atoms with E-state index in [9.17, 15) is 0 Å². The van der Waals surface area contributed by atoms with Gasteiger partial charge in [0.1, 0.15) is 5.75 Å². The summed E-state index contributed by atoms with van der Waals surface area (Å²) in [6, 6.07) is 5.73. The van der Waals surface area contributed by atoms with Crippen LogP contribution in [-0.2, 0) is 0 Å². The Kier molecular flexibility index (Phi) is 5.14. The van der Waals surface area contributed by atoms with Gasteiger partial charge in [-0.25, -0.2) is 0 Å². The first kappa shape index (κ1) is 15.0. The van der Waals surface area contributed by atoms with E-state index in [0.29, 0.717) is 11.8 Å². The Bertz CT molecular complexity index is 571. The first-order valence-electron chi connectivity index (χ1n) is 6.60. The fourth-order valence-electron chi connectivity index (χ4n) is 1.93. The highest BCUT2D eigenvalue weighted by Crippen LogP contribution is 2.31. The number of hydrogen-bond acceptors (Lipinski definition) is 5. The standard InChI is InChI=1S/C14H18BrN3O2/c1-4-12(16-5-2)14-18-17-13(20-14)10-8-9(19-3)6-7-11(10)15/h6-8,12,16H,4-5H2,1-3H3. The van der Waals surface area contributed by atoms with E-state index < -0.39 is 0 Å². The topological polar surface area (TPSA) is 60.2 Å². The highest BCUT2D eigenvalue weighted by Gasteiger charge is 2.18. The van der Waals surface area contributed by atoms with Crippen molar-refractivity contribution in [2.45, 2.75) is 26.3 Å². The molecule has 2 rings (SSSR count). The molecule has 1 unspecified atom stereocenters. The molecule has 1 N–H and O–H groups in total. The van der Waals surface area contributed by atoms with Crippen molar-refractivity contribution in [2.24, 2.45) is 0 Å². The number of nitrogens with zero attached hydrogens (tertiary/aromatic N) is 2. The van der Waals surface area contributed by atoms with Gasteiger partial charge in [-0.2, -0.15) is 0 Å². The minimum atomic E-state index is 0.0885. The van der Waals surface area contributed by atoms with Crippen molar-refractivity contribution in [3.05, 3.63) is 28.6 Å². The smallest absolute Gasteiger partial charge is 0.249 e. The number of benzene rings is 1. The maximum atomic E-state index is 5.79. The summed E-state index contributed by atoms with van der Waals surface area (Å²) in [7, 11) is 1.63. The summed E-state index contributed by atoms with van der Waals surface area (Å²) in [5.41, 5.74) is 0.828. The van der Waals surface area contributed by atoms with E-state index in [1.165, 1.54) is 0 Å². The van der Waals surface area contributed by atoms with Crippen molar-refractivity contribution in [1.82, 2.24) is 15.5 Å². The van der Waals surface area contributed by atoms with Crippen LogP contribution in [0.2, 0.25) is 0 Å². The summed E-state index contributed by atoms with van der Waals surface area (Å²) in [5, 5.41) is 11.6. The first-order valence-corrected chi connectivity index (χ1v) is 7.39. The van der Waals surface area contributed by atoms with Gasteiger partial charge in [-0.15, -0.1) is 10.2 Å². The van der Waals surface area contributed by atoms with Crippen molar-refractivity contribution in [3.63, 3.8) is 0 Å². The van der Waals surface area contributed by atoms with Gasteiger partial charge in [-0.05, 0) is 47.1 Å². The minimum absolute atomic E-state index is 0.0885. The number of methoxy groups -OCH3 is 1. The molecular weight excluding hydrogens is 322 g/mol. The normalized spacial score (nSPS) is 12.4. The molecule has 1 aromatic carbocycles. The summed E-state index contributed by atoms with van der Waals surface area (Å²) in [5.74, 6) is 1.85. The zero-order valence-corrected chi connectivity index (χ0v) is 13.4. The van der Waals surface area contributed by atoms with E-state index in [1.807, 2.05) is 18.2 Å². The van der Waals surface area contributed by atoms with Crippen LogP contribution in [0.25, 0.3) is 11.5 Å². The molecule has 0 aliphatic carbocycles. The van der Waals surface area contributed by atoms with Gasteiger partial charge in [0, 0.05) is 4.47 Å². The van der Waals surface area contributed by atoms with Gasteiger partial charge in [-0.3, -0.25) is 0 Å². The van der Waals surface area contributed by atoms with Crippen LogP contribution in [0.4, 0.5) is 0 Å². The minimum Gasteiger partial charge on any atom is -0.497 e. The zero-order valence-electron chi connectivity index (χ0n) is 11.8. The molecule has 5 nitrogen and oxygen atoms in total. The molecule has 0 fully saturated rings. The third-order valence-corrected chi connectivity index (χ3v) is 3.69. The van der Waals surface area contributed by atoms with Crippen LogP contribution in [0.5, 0.6) is 5.75 Å². The third kappa shape index (κ3) is 3.19. The number of halogens is 1. The number of hydrogen-bond donors (Lipinski definition) is 1. The summed E-state index contributed by atoms with van der Waals surface area (Å²) < 4.78 is 11.9. The summed E-state index contributed by atoms with van der Waals surface area (Å²) >= 11 is 3.49. The Balaban J connectivity index is 2.32. The Morgan fingerprint density at radius 1 is 1.35 bits per heavy atom. The highest BCUT2D eigenvalue weighted by molar-refractivity contribution is 9.10. The van der Waals surface area contributed by atoms with E-state index in [0.717, 1.165) is 28.8 Å². The van der Waals surface area contributed by atoms with Crippen LogP contribution in [0.3, 0.4) is 0 Å². The predicted octanol–water partition coefficient (Wildman–Crippen LogP) is 3.57. The maximum absolute atomic E-state index is 5.79. The van der Waals surface area contributed by atoms with E-state index in [1.54, 1.807) is 7.11 Å². The van der Waals surface area contributed by atoms with Gasteiger partial charge in [-0.1, -0.05) is 13.8 Å². The third-order valence-electron chi connectivity index (χ3n) is 3.00. The highest BCUT2D eigenvalue weighted by atomic mass is 79.9. The molecule has 2 aromatic rings. The Labute approximate surface area is 126 Å². The number of aromatic nitrogens is 2. The number of ether oxygens (including phenoxy) is 1. The predicted molar refractivity (Wildman–Crippen MR) is 80.7 cm³/mol. The monoisotopic (exact) mass is 339 g/mol. The molecule has 0 saturated carbocycles. The molecule has 0 spiro atoms. The summed E-state index contributed by atoms with van der Waals surface area (Å²) in [6.45, 7) is 5.00. The van der Waals surface area contributed by atoms with Gasteiger partial charge in [0.15, 0.2) is 0 Å². The molecule has 0 bridgehead atoms. The van der Waals surface area contributed by atoms with Gasteiger partial charge in [0.05, 0.1) is 18.7 Å². The van der Waals surface area contributed by atoms with Crippen molar-refractivity contribution in [3.8, 4) is 17.2 Å². The Morgan fingerprint density at radius 2 is 2.15 bits per heavy atom. The molecule has 0 amide bonds. The second-order valence-corrected chi connectivity index (χ2v) is 5.16. The molecule has 1 heterocycles. The van der Waals surface area contributed by atoms with E-state index in [-0.39, 0.29) is 6.04 Å². The van der Waals surface area contributed by atoms with E-state index in [4.69, 9.17) is 9.15 Å². The lowest BCUT2D eigenvalue weighted by Gasteiger charge is -2.10. The molecule has 0 radical (unpaired) electrons. The Morgan fingerprint density at radius 3 is 2.80 bits per heavy atom. The van der Waals surface area contributed by atoms with Crippen molar-refractivity contribution < 1.29 is 9.15 Å². The molecule has 1 aromatic heterocycles. The summed E-state index contributed by atoms with van der Waals surface area (Å²) in [4.78, 5) is 0. The largest absolute Gasteiger partial charge is 0.497 e. The first-order chi connectivity index (χ1) is 9.69. The average molecular weight is 340 g/mol. The molecule has 0 saturated heterocycles. The van der Waals surface area contributed by atoms with Crippen molar-refractivity contribution in [1.29, 1.82) is 0 Å². The lowest BCUT2D eigenvalue weighted by Crippen LogP contribution is -2.20. The van der Waals surface area contributed by atoms with E-state index >= 15 is 0 Å². The molecule has 108 valence electrons. The molecule has 20 heavy (non-hydrogen) atoms. The SMILES string of the molecule is CCNC(CC)c1nnc(-c2cc(OC)ccc2Br)o1. The molecule has 0 aliphatic rings. The van der Waals surface area contributed by atoms with E-state index in [2.05, 4.69) is 45.3 Å². The van der Waals surface area contributed by atoms with Crippen LogP contribution in [0.1, 0.15) is 32.2 Å². The van der Waals surface area contributed by atoms with Gasteiger partial charge in [0.2, 0.25) is 11.8 Å². The van der Waals surface area contributed by atoms with Crippen LogP contribution in [0, 0.1) is 0 Å². The van der Waals surface area contributed by atoms with Gasteiger partial charge < -0.3 is 14.5 Å². The number of nitrogens with one attached hydrogen (secondary N) is 1. The molecular formula is C14H18BrN3O2. The van der Waals surface area contributed by atoms with Gasteiger partial charge in [0.25, 0.3) is 0 Å². The van der Waals surface area contributed by atoms with Crippen molar-refractivity contribution >= 4 is 15.9 Å². The lowest BCUT2D eigenvalue weighted by atomic mass is 10.2.